The lowest BCUT2D eigenvalue weighted by atomic mass is 9.30. The van der Waals surface area contributed by atoms with Crippen molar-refractivity contribution in [3.63, 3.8) is 0 Å². The first-order valence-corrected chi connectivity index (χ1v) is 54.2. The monoisotopic (exact) mass is 1920 g/mol. The van der Waals surface area contributed by atoms with Gasteiger partial charge in [0.15, 0.2) is 0 Å². The number of aromatic nitrogens is 5. The fraction of sp³-hybridized carbons (Fsp3) is 0.143. The molecule has 5 aromatic heterocycles. The van der Waals surface area contributed by atoms with Crippen molar-refractivity contribution in [2.45, 2.75) is 131 Å². The van der Waals surface area contributed by atoms with Gasteiger partial charge in [-0.3, -0.25) is 0 Å². The van der Waals surface area contributed by atoms with Gasteiger partial charge in [-0.2, -0.15) is 0 Å². The predicted molar refractivity (Wildman–Crippen MR) is 644 cm³/mol. The first-order chi connectivity index (χ1) is 72.9. The molecule has 0 saturated heterocycles. The second-order valence-electron chi connectivity index (χ2n) is 47.3. The van der Waals surface area contributed by atoms with Crippen molar-refractivity contribution in [1.82, 2.24) is 22.8 Å². The van der Waals surface area contributed by atoms with Gasteiger partial charge >= 0.3 is 0 Å². The van der Waals surface area contributed by atoms with Gasteiger partial charge < -0.3 is 22.8 Å². The molecular formula is C140H110B5N5. The fourth-order valence-electron chi connectivity index (χ4n) is 31.5. The minimum atomic E-state index is -0.0163. The number of aryl methyl sites for hydroxylation is 5. The molecule has 15 heterocycles. The van der Waals surface area contributed by atoms with Gasteiger partial charge in [0.25, 0.3) is 0 Å². The van der Waals surface area contributed by atoms with Crippen LogP contribution in [-0.4, -0.2) is 56.4 Å². The molecule has 710 valence electrons. The summed E-state index contributed by atoms with van der Waals surface area (Å²) in [5.41, 5.74) is 63.6. The van der Waals surface area contributed by atoms with E-state index in [9.17, 15) is 0 Å². The molecule has 20 aromatic carbocycles. The maximum atomic E-state index is 2.53. The van der Waals surface area contributed by atoms with Crippen LogP contribution in [0.4, 0.5) is 0 Å². The molecule has 0 amide bonds. The van der Waals surface area contributed by atoms with Crippen molar-refractivity contribution in [3.05, 3.63) is 478 Å². The first kappa shape index (κ1) is 87.9. The minimum Gasteiger partial charge on any atom is -0.310 e. The summed E-state index contributed by atoms with van der Waals surface area (Å²) >= 11 is 0. The number of para-hydroxylation sites is 7. The highest BCUT2D eigenvalue weighted by Gasteiger charge is 2.53. The Hall–Kier alpha value is -16.3. The zero-order valence-electron chi connectivity index (χ0n) is 87.7. The Balaban J connectivity index is 0.0000000844. The van der Waals surface area contributed by atoms with E-state index >= 15 is 0 Å². The SMILES string of the molecule is Cc1cc2c3c(c1)c1ccccc1n3-c1cccc3c1B2c1ccccc1C3(C)C.Cc1ccc2c(c1)B1c3c(cccc3C2(C)C)-n2c3ccccc3c3cccc1c32.Cc1ccc2c3c1c1ccccc1n3-c1cccc3c1B2c1ccccc1C3(C)C.Cc1ccc2c3ccccc3n3c2c1B1c2ccccc2C(C)(C)c2cccc-3c21.Cc1cccc2c1B1c3c(cccc3C2(C)C)-n2c3ccccc3c3cccc1c32. The summed E-state index contributed by atoms with van der Waals surface area (Å²) in [5.74, 6) is 0. The van der Waals surface area contributed by atoms with Crippen LogP contribution in [-0.2, 0) is 27.1 Å². The lowest BCUT2D eigenvalue weighted by Crippen LogP contribution is -2.64. The van der Waals surface area contributed by atoms with Crippen LogP contribution in [0.15, 0.2) is 394 Å². The molecule has 10 aliphatic rings. The highest BCUT2D eigenvalue weighted by Crippen LogP contribution is 2.49. The highest BCUT2D eigenvalue weighted by molar-refractivity contribution is 7.02. The van der Waals surface area contributed by atoms with E-state index in [1.165, 1.54) is 303 Å². The summed E-state index contributed by atoms with van der Waals surface area (Å²) in [6.07, 6.45) is 0. The van der Waals surface area contributed by atoms with Crippen molar-refractivity contribution in [2.75, 3.05) is 0 Å². The maximum Gasteiger partial charge on any atom is 0.247 e. The summed E-state index contributed by atoms with van der Waals surface area (Å²) in [5, 5.41) is 13.6. The Labute approximate surface area is 878 Å². The molecular weight excluding hydrogens is 1810 g/mol. The van der Waals surface area contributed by atoms with Crippen LogP contribution in [0.1, 0.15) is 153 Å². The molecule has 5 nitrogen and oxygen atoms in total. The Morgan fingerprint density at radius 2 is 0.440 bits per heavy atom. The van der Waals surface area contributed by atoms with Gasteiger partial charge in [-0.05, 0) is 217 Å². The third kappa shape index (κ3) is 11.3. The van der Waals surface area contributed by atoms with Gasteiger partial charge in [-0.1, -0.05) is 446 Å². The maximum absolute atomic E-state index is 2.53. The van der Waals surface area contributed by atoms with E-state index in [0.29, 0.717) is 33.6 Å². The van der Waals surface area contributed by atoms with Gasteiger partial charge in [0, 0.05) is 137 Å². The van der Waals surface area contributed by atoms with Crippen LogP contribution in [0.25, 0.3) is 137 Å². The average molecular weight is 1920 g/mol. The van der Waals surface area contributed by atoms with Crippen molar-refractivity contribution in [1.29, 1.82) is 0 Å². The smallest absolute Gasteiger partial charge is 0.247 e. The normalized spacial score (nSPS) is 15.4. The van der Waals surface area contributed by atoms with Crippen LogP contribution in [0, 0.1) is 34.6 Å². The lowest BCUT2D eigenvalue weighted by molar-refractivity contribution is 0.645. The van der Waals surface area contributed by atoms with Gasteiger partial charge in [-0.25, -0.2) is 0 Å². The number of fused-ring (bicyclic) bond motifs is 35. The molecule has 25 aromatic rings. The summed E-state index contributed by atoms with van der Waals surface area (Å²) < 4.78 is 12.6. The molecule has 0 fully saturated rings. The van der Waals surface area contributed by atoms with Crippen LogP contribution < -0.4 is 81.9 Å². The lowest BCUT2D eigenvalue weighted by Gasteiger charge is -2.42. The number of hydrogen-bond acceptors (Lipinski definition) is 0. The highest BCUT2D eigenvalue weighted by atomic mass is 15.0. The molecule has 0 atom stereocenters. The Kier molecular flexibility index (Phi) is 18.0. The van der Waals surface area contributed by atoms with Crippen molar-refractivity contribution in [2.24, 2.45) is 0 Å². The fourth-order valence-corrected chi connectivity index (χ4v) is 31.5. The quantitative estimate of drug-likeness (QED) is 0.135. The van der Waals surface area contributed by atoms with Crippen LogP contribution in [0.3, 0.4) is 0 Å². The van der Waals surface area contributed by atoms with Gasteiger partial charge in [-0.15, -0.1) is 0 Å². The predicted octanol–water partition coefficient (Wildman–Crippen LogP) is 22.8. The van der Waals surface area contributed by atoms with Crippen molar-refractivity contribution in [3.8, 4) is 28.4 Å². The van der Waals surface area contributed by atoms with Crippen molar-refractivity contribution >= 4 is 225 Å². The van der Waals surface area contributed by atoms with Gasteiger partial charge in [0.2, 0.25) is 33.6 Å². The summed E-state index contributed by atoms with van der Waals surface area (Å²) in [6.45, 7) is 36.6. The Morgan fingerprint density at radius 1 is 0.160 bits per heavy atom. The largest absolute Gasteiger partial charge is 0.310 e. The first-order valence-electron chi connectivity index (χ1n) is 54.2. The third-order valence-electron chi connectivity index (χ3n) is 37.8. The minimum absolute atomic E-state index is 0.0112. The molecule has 0 unspecified atom stereocenters. The Morgan fingerprint density at radius 3 is 0.907 bits per heavy atom. The van der Waals surface area contributed by atoms with Gasteiger partial charge in [0.05, 0.1) is 27.6 Å². The Bertz CT molecular complexity index is 10400. The molecule has 0 bridgehead atoms. The van der Waals surface area contributed by atoms with Crippen LogP contribution >= 0.6 is 0 Å². The molecule has 0 saturated carbocycles. The van der Waals surface area contributed by atoms with E-state index in [-0.39, 0.29) is 27.1 Å². The molecule has 35 rings (SSSR count). The van der Waals surface area contributed by atoms with Crippen molar-refractivity contribution < 1.29 is 0 Å². The zero-order valence-corrected chi connectivity index (χ0v) is 87.7. The van der Waals surface area contributed by atoms with E-state index in [1.54, 1.807) is 0 Å². The molecule has 10 heteroatoms. The average Bonchev–Trinajstić information content (AvgIpc) is 1.43. The number of hydrogen-bond donors (Lipinski definition) is 0. The second-order valence-corrected chi connectivity index (χ2v) is 47.3. The second kappa shape index (κ2) is 30.7. The summed E-state index contributed by atoms with van der Waals surface area (Å²) in [6, 6.07) is 148. The third-order valence-corrected chi connectivity index (χ3v) is 37.8. The van der Waals surface area contributed by atoms with E-state index in [4.69, 9.17) is 0 Å². The van der Waals surface area contributed by atoms with E-state index in [2.05, 4.69) is 521 Å². The van der Waals surface area contributed by atoms with E-state index in [1.807, 2.05) is 0 Å². The molecule has 0 radical (unpaired) electrons. The zero-order chi connectivity index (χ0) is 101. The summed E-state index contributed by atoms with van der Waals surface area (Å²) in [7, 11) is 0. The molecule has 0 spiro atoms. The number of nitrogens with zero attached hydrogens (tertiary/aromatic N) is 5. The summed E-state index contributed by atoms with van der Waals surface area (Å²) in [4.78, 5) is 0. The molecule has 0 aliphatic carbocycles. The molecule has 150 heavy (non-hydrogen) atoms. The molecule has 0 N–H and O–H groups in total. The standard InChI is InChI=1S/5C28H22BN/c1-17-15-19-18-9-4-7-13-24(18)30-25-14-8-11-21-26(25)29(23(16-17)27(19)30)22-12-6-5-10-20(22)28(21,2)3;1-17-15-16-19-18-9-4-7-13-23(18)30-24-14-8-11-21-26(24)29(25(17)27(19)30)22-12-6-5-10-20(22)28(21,2)3;1-17-15-16-22-27-25(17)18-9-4-7-13-23(18)30(27)24-14-8-11-20-26(24)29(22)21-12-6-5-10-19(21)28(20,2)3;1-17-9-6-12-20-25(17)29-22-14-7-11-19-18-10-4-5-15-23(18)30(27(19)22)24-16-8-13-21(26(24)29)28(20,2)3;1-17-14-15-20-23(16-17)29-22-11-6-9-19-18-8-4-5-12-24(18)30(27(19)22)25-13-7-10-21(26(25)29)28(20,2)3/h5*4-16H,1-3H3. The molecule has 10 aliphatic heterocycles. The van der Waals surface area contributed by atoms with E-state index < -0.39 is 0 Å². The number of benzene rings is 20. The van der Waals surface area contributed by atoms with Gasteiger partial charge in [0.1, 0.15) is 0 Å². The van der Waals surface area contributed by atoms with Crippen LogP contribution in [0.2, 0.25) is 0 Å². The van der Waals surface area contributed by atoms with E-state index in [0.717, 1.165) is 0 Å². The topological polar surface area (TPSA) is 24.6 Å². The number of rotatable bonds is 0. The van der Waals surface area contributed by atoms with Crippen LogP contribution in [0.5, 0.6) is 0 Å².